The number of fused-ring (bicyclic) bond motifs is 1. The molecule has 35 heavy (non-hydrogen) atoms. The van der Waals surface area contributed by atoms with Crippen molar-refractivity contribution in [1.29, 1.82) is 0 Å². The molecule has 2 unspecified atom stereocenters. The molecule has 1 fully saturated rings. The van der Waals surface area contributed by atoms with Crippen molar-refractivity contribution in [2.45, 2.75) is 44.8 Å². The number of para-hydroxylation sites is 1. The van der Waals surface area contributed by atoms with Gasteiger partial charge in [-0.15, -0.1) is 0 Å². The second kappa shape index (κ2) is 9.46. The van der Waals surface area contributed by atoms with E-state index in [2.05, 4.69) is 10.3 Å². The molecule has 1 aromatic heterocycles. The van der Waals surface area contributed by atoms with Gasteiger partial charge in [0.2, 0.25) is 18.2 Å². The first-order valence-corrected chi connectivity index (χ1v) is 11.6. The monoisotopic (exact) mass is 474 g/mol. The Bertz CT molecular complexity index is 1270. The minimum absolute atomic E-state index is 0.0294. The van der Waals surface area contributed by atoms with E-state index in [1.54, 1.807) is 4.90 Å². The average molecular weight is 475 g/mol. The second-order valence-electron chi connectivity index (χ2n) is 9.57. The fraction of sp³-hybridized carbons (Fsp3) is 0.333. The number of nitrogens with two attached hydrogens (primary N) is 1. The van der Waals surface area contributed by atoms with Crippen molar-refractivity contribution in [3.63, 3.8) is 0 Å². The lowest BCUT2D eigenvalue weighted by molar-refractivity contribution is -0.134. The van der Waals surface area contributed by atoms with E-state index < -0.39 is 16.9 Å². The van der Waals surface area contributed by atoms with Gasteiger partial charge in [-0.3, -0.25) is 24.7 Å². The molecule has 0 radical (unpaired) electrons. The molecule has 2 heterocycles. The van der Waals surface area contributed by atoms with Crippen molar-refractivity contribution >= 4 is 29.1 Å². The van der Waals surface area contributed by atoms with E-state index in [1.165, 1.54) is 6.92 Å². The third-order valence-corrected chi connectivity index (χ3v) is 6.68. The quantitative estimate of drug-likeness (QED) is 0.485. The molecule has 8 nitrogen and oxygen atoms in total. The SMILES string of the molecule is Cc1cc(COc2ccc(C3(C)CCN(CC(C)(N)C(=O)NC=O)C3=O)cc2)c2ccccc2n1. The number of hydrogen-bond donors (Lipinski definition) is 2. The number of aromatic nitrogens is 1. The molecule has 3 amide bonds. The number of ether oxygens (including phenoxy) is 1. The highest BCUT2D eigenvalue weighted by Crippen LogP contribution is 2.36. The topological polar surface area (TPSA) is 115 Å². The van der Waals surface area contributed by atoms with E-state index in [-0.39, 0.29) is 12.5 Å². The predicted molar refractivity (Wildman–Crippen MR) is 133 cm³/mol. The van der Waals surface area contributed by atoms with Crippen molar-refractivity contribution in [3.8, 4) is 5.75 Å². The van der Waals surface area contributed by atoms with Gasteiger partial charge >= 0.3 is 0 Å². The molecule has 4 rings (SSSR count). The fourth-order valence-corrected chi connectivity index (χ4v) is 4.62. The number of rotatable bonds is 8. The number of benzene rings is 2. The van der Waals surface area contributed by atoms with Crippen LogP contribution < -0.4 is 15.8 Å². The number of hydrogen-bond acceptors (Lipinski definition) is 6. The molecule has 0 spiro atoms. The van der Waals surface area contributed by atoms with Gasteiger partial charge in [0.15, 0.2) is 0 Å². The molecule has 0 aliphatic carbocycles. The first-order valence-electron chi connectivity index (χ1n) is 11.6. The van der Waals surface area contributed by atoms with E-state index >= 15 is 0 Å². The Hall–Kier alpha value is -3.78. The summed E-state index contributed by atoms with van der Waals surface area (Å²) in [6.45, 7) is 6.29. The van der Waals surface area contributed by atoms with E-state index in [9.17, 15) is 14.4 Å². The molecule has 1 aliphatic heterocycles. The second-order valence-corrected chi connectivity index (χ2v) is 9.57. The third-order valence-electron chi connectivity index (χ3n) is 6.68. The summed E-state index contributed by atoms with van der Waals surface area (Å²) >= 11 is 0. The molecular formula is C27H30N4O4. The standard InChI is InChI=1S/C27H30N4O4/c1-18-14-19(22-6-4-5-7-23(22)30-18)15-35-21-10-8-20(9-11-21)26(2)12-13-31(25(26)34)16-27(3,28)24(33)29-17-32/h4-11,14,17H,12-13,15-16,28H2,1-3H3,(H,29,32,33). The molecule has 2 aromatic carbocycles. The molecule has 182 valence electrons. The van der Waals surface area contributed by atoms with Crippen molar-refractivity contribution in [3.05, 3.63) is 71.4 Å². The minimum Gasteiger partial charge on any atom is -0.489 e. The van der Waals surface area contributed by atoms with E-state index in [4.69, 9.17) is 10.5 Å². The lowest BCUT2D eigenvalue weighted by Crippen LogP contribution is -2.58. The summed E-state index contributed by atoms with van der Waals surface area (Å²) in [5.74, 6) is -0.00804. The number of amides is 3. The molecule has 0 bridgehead atoms. The van der Waals surface area contributed by atoms with Gasteiger partial charge < -0.3 is 15.4 Å². The van der Waals surface area contributed by atoms with Gasteiger partial charge in [0.25, 0.3) is 0 Å². The van der Waals surface area contributed by atoms with Crippen LogP contribution in [0.4, 0.5) is 0 Å². The first-order chi connectivity index (χ1) is 16.6. The van der Waals surface area contributed by atoms with Crippen molar-refractivity contribution in [2.75, 3.05) is 13.1 Å². The van der Waals surface area contributed by atoms with Crippen LogP contribution in [0.25, 0.3) is 10.9 Å². The van der Waals surface area contributed by atoms with Gasteiger partial charge in [0.05, 0.1) is 10.9 Å². The fourth-order valence-electron chi connectivity index (χ4n) is 4.62. The van der Waals surface area contributed by atoms with Crippen molar-refractivity contribution < 1.29 is 19.1 Å². The Morgan fingerprint density at radius 1 is 1.26 bits per heavy atom. The zero-order valence-corrected chi connectivity index (χ0v) is 20.2. The number of likely N-dealkylation sites (tertiary alicyclic amines) is 1. The van der Waals surface area contributed by atoms with E-state index in [0.717, 1.165) is 27.7 Å². The van der Waals surface area contributed by atoms with Crippen LogP contribution in [0.1, 0.15) is 37.1 Å². The molecule has 0 saturated carbocycles. The lowest BCUT2D eigenvalue weighted by Gasteiger charge is -2.30. The van der Waals surface area contributed by atoms with E-state index in [0.29, 0.717) is 31.7 Å². The highest BCUT2D eigenvalue weighted by atomic mass is 16.5. The maximum atomic E-state index is 13.3. The zero-order valence-electron chi connectivity index (χ0n) is 20.2. The van der Waals surface area contributed by atoms with Crippen LogP contribution in [0.3, 0.4) is 0 Å². The number of aryl methyl sites for hydroxylation is 1. The summed E-state index contributed by atoms with van der Waals surface area (Å²) in [5.41, 5.74) is 7.80. The lowest BCUT2D eigenvalue weighted by atomic mass is 9.81. The molecule has 8 heteroatoms. The maximum absolute atomic E-state index is 13.3. The Morgan fingerprint density at radius 2 is 1.97 bits per heavy atom. The Labute approximate surface area is 204 Å². The Kier molecular flexibility index (Phi) is 6.58. The maximum Gasteiger partial charge on any atom is 0.247 e. The van der Waals surface area contributed by atoms with Gasteiger partial charge in [-0.2, -0.15) is 0 Å². The number of carbonyl (C=O) groups excluding carboxylic acids is 3. The number of nitrogens with zero attached hydrogens (tertiary/aromatic N) is 2. The smallest absolute Gasteiger partial charge is 0.247 e. The van der Waals surface area contributed by atoms with Gasteiger partial charge in [-0.1, -0.05) is 30.3 Å². The molecule has 2 atom stereocenters. The highest BCUT2D eigenvalue weighted by Gasteiger charge is 2.46. The molecular weight excluding hydrogens is 444 g/mol. The zero-order chi connectivity index (χ0) is 25.2. The number of carbonyl (C=O) groups is 3. The summed E-state index contributed by atoms with van der Waals surface area (Å²) in [5, 5.41) is 3.13. The van der Waals surface area contributed by atoms with Crippen molar-refractivity contribution in [2.24, 2.45) is 5.73 Å². The van der Waals surface area contributed by atoms with Gasteiger partial charge in [0, 0.05) is 29.7 Å². The van der Waals surface area contributed by atoms with Gasteiger partial charge in [0.1, 0.15) is 17.9 Å². The third kappa shape index (κ3) is 4.88. The van der Waals surface area contributed by atoms with Crippen LogP contribution in [-0.4, -0.2) is 46.7 Å². The summed E-state index contributed by atoms with van der Waals surface area (Å²) < 4.78 is 6.06. The molecule has 1 aliphatic rings. The van der Waals surface area contributed by atoms with Gasteiger partial charge in [-0.25, -0.2) is 0 Å². The molecule has 3 N–H and O–H groups in total. The summed E-state index contributed by atoms with van der Waals surface area (Å²) in [4.78, 5) is 42.1. The summed E-state index contributed by atoms with van der Waals surface area (Å²) in [6.07, 6.45) is 0.894. The summed E-state index contributed by atoms with van der Waals surface area (Å²) in [7, 11) is 0. The first kappa shape index (κ1) is 24.3. The van der Waals surface area contributed by atoms with Crippen LogP contribution in [-0.2, 0) is 26.4 Å². The normalized spacial score (nSPS) is 19.4. The van der Waals surface area contributed by atoms with Crippen molar-refractivity contribution in [1.82, 2.24) is 15.2 Å². The van der Waals surface area contributed by atoms with Crippen LogP contribution in [0, 0.1) is 6.92 Å². The average Bonchev–Trinajstić information content (AvgIpc) is 3.12. The number of imide groups is 1. The van der Waals surface area contributed by atoms with Crippen LogP contribution in [0.5, 0.6) is 5.75 Å². The minimum atomic E-state index is -1.37. The molecule has 1 saturated heterocycles. The number of pyridine rings is 1. The summed E-state index contributed by atoms with van der Waals surface area (Å²) in [6, 6.07) is 17.6. The highest BCUT2D eigenvalue weighted by molar-refractivity contribution is 5.95. The Morgan fingerprint density at radius 3 is 2.69 bits per heavy atom. The number of nitrogens with one attached hydrogen (secondary N) is 1. The van der Waals surface area contributed by atoms with E-state index in [1.807, 2.05) is 68.4 Å². The molecule has 3 aromatic rings. The Balaban J connectivity index is 1.45. The predicted octanol–water partition coefficient (Wildman–Crippen LogP) is 2.60. The van der Waals surface area contributed by atoms with Crippen LogP contribution in [0.15, 0.2) is 54.6 Å². The largest absolute Gasteiger partial charge is 0.489 e. The van der Waals surface area contributed by atoms with Crippen LogP contribution >= 0.6 is 0 Å². The van der Waals surface area contributed by atoms with Crippen LogP contribution in [0.2, 0.25) is 0 Å². The van der Waals surface area contributed by atoms with Gasteiger partial charge in [-0.05, 0) is 57.0 Å².